The summed E-state index contributed by atoms with van der Waals surface area (Å²) in [6, 6.07) is 18.7. The number of rotatable bonds is 2. The molecule has 0 aliphatic rings. The van der Waals surface area contributed by atoms with E-state index in [9.17, 15) is 4.89 Å². The van der Waals surface area contributed by atoms with Gasteiger partial charge in [-0.3, -0.25) is 0 Å². The quantitative estimate of drug-likeness (QED) is 0.705. The van der Waals surface area contributed by atoms with E-state index in [4.69, 9.17) is 0 Å². The van der Waals surface area contributed by atoms with Crippen molar-refractivity contribution in [1.82, 2.24) is 0 Å². The highest BCUT2D eigenvalue weighted by Gasteiger charge is 2.18. The smallest absolute Gasteiger partial charge is 0.0888 e. The maximum atomic E-state index is 11.0. The van der Waals surface area contributed by atoms with Crippen molar-refractivity contribution in [1.29, 1.82) is 0 Å². The van der Waals surface area contributed by atoms with Gasteiger partial charge in [0.25, 0.3) is 0 Å². The third-order valence-corrected chi connectivity index (χ3v) is 5.82. The summed E-state index contributed by atoms with van der Waals surface area (Å²) in [7, 11) is -1.32. The van der Waals surface area contributed by atoms with Crippen LogP contribution in [0.2, 0.25) is 0 Å². The van der Waals surface area contributed by atoms with Gasteiger partial charge >= 0.3 is 0 Å². The molecule has 0 amide bonds. The lowest BCUT2D eigenvalue weighted by Crippen LogP contribution is -2.17. The van der Waals surface area contributed by atoms with Gasteiger partial charge < -0.3 is 4.89 Å². The monoisotopic (exact) mass is 294 g/mol. The molecule has 1 atom stereocenters. The van der Waals surface area contributed by atoms with Crippen LogP contribution >= 0.6 is 8.15 Å². The fraction of sp³-hybridized carbons (Fsp3) is 0.158. The molecule has 0 saturated carbocycles. The Hall–Kier alpha value is -1.69. The van der Waals surface area contributed by atoms with Crippen molar-refractivity contribution in [3.8, 4) is 0 Å². The first-order valence-electron chi connectivity index (χ1n) is 7.12. The molecular weight excluding hydrogens is 275 g/mol. The second-order valence-electron chi connectivity index (χ2n) is 5.56. The van der Waals surface area contributed by atoms with Gasteiger partial charge in [-0.1, -0.05) is 60.2 Å². The Labute approximate surface area is 127 Å². The van der Waals surface area contributed by atoms with Crippen molar-refractivity contribution in [2.75, 3.05) is 0 Å². The van der Waals surface area contributed by atoms with Crippen molar-refractivity contribution in [3.63, 3.8) is 0 Å². The third-order valence-electron chi connectivity index (χ3n) is 3.84. The van der Waals surface area contributed by atoms with Crippen LogP contribution in [0.1, 0.15) is 16.7 Å². The van der Waals surface area contributed by atoms with Crippen LogP contribution in [-0.4, -0.2) is 4.89 Å². The van der Waals surface area contributed by atoms with E-state index >= 15 is 0 Å². The highest BCUT2D eigenvalue weighted by Crippen LogP contribution is 2.34. The van der Waals surface area contributed by atoms with E-state index in [2.05, 4.69) is 51.1 Å². The standard InChI is InChI=1S/C19H19OP/c1-13-11-14(2)19(15(3)12-13)21(20)18-10-6-8-16-7-4-5-9-17(16)18/h4-12,20H,1-3H3. The van der Waals surface area contributed by atoms with Gasteiger partial charge in [-0.25, -0.2) is 0 Å². The summed E-state index contributed by atoms with van der Waals surface area (Å²) in [5.41, 5.74) is 3.60. The van der Waals surface area contributed by atoms with Gasteiger partial charge in [-0.05, 0) is 42.7 Å². The molecule has 0 aromatic heterocycles. The highest BCUT2D eigenvalue weighted by molar-refractivity contribution is 7.68. The van der Waals surface area contributed by atoms with Crippen LogP contribution in [-0.2, 0) is 0 Å². The molecule has 1 N–H and O–H groups in total. The van der Waals surface area contributed by atoms with E-state index in [1.54, 1.807) is 0 Å². The molecule has 1 unspecified atom stereocenters. The highest BCUT2D eigenvalue weighted by atomic mass is 31.1. The van der Waals surface area contributed by atoms with Crippen LogP contribution in [0, 0.1) is 20.8 Å². The molecule has 0 saturated heterocycles. The summed E-state index contributed by atoms with van der Waals surface area (Å²) < 4.78 is 0. The van der Waals surface area contributed by atoms with Crippen LogP contribution in [0.5, 0.6) is 0 Å². The summed E-state index contributed by atoms with van der Waals surface area (Å²) in [5.74, 6) is 0. The Balaban J connectivity index is 2.20. The van der Waals surface area contributed by atoms with Gasteiger partial charge in [0, 0.05) is 10.6 Å². The summed E-state index contributed by atoms with van der Waals surface area (Å²) in [6.07, 6.45) is 0. The Kier molecular flexibility index (Phi) is 3.80. The number of fused-ring (bicyclic) bond motifs is 1. The Morgan fingerprint density at radius 3 is 2.14 bits per heavy atom. The normalized spacial score (nSPS) is 12.6. The molecule has 0 spiro atoms. The first-order valence-corrected chi connectivity index (χ1v) is 8.42. The van der Waals surface area contributed by atoms with Crippen LogP contribution in [0.4, 0.5) is 0 Å². The fourth-order valence-corrected chi connectivity index (χ4v) is 4.72. The van der Waals surface area contributed by atoms with Gasteiger partial charge in [0.2, 0.25) is 0 Å². The molecule has 21 heavy (non-hydrogen) atoms. The van der Waals surface area contributed by atoms with Crippen molar-refractivity contribution in [3.05, 3.63) is 71.3 Å². The zero-order valence-electron chi connectivity index (χ0n) is 12.6. The number of benzene rings is 3. The molecule has 2 heteroatoms. The van der Waals surface area contributed by atoms with Gasteiger partial charge in [0.05, 0.1) is 8.15 Å². The maximum Gasteiger partial charge on any atom is 0.0888 e. The Morgan fingerprint density at radius 1 is 0.810 bits per heavy atom. The van der Waals surface area contributed by atoms with E-state index in [0.717, 1.165) is 16.0 Å². The van der Waals surface area contributed by atoms with Crippen LogP contribution in [0.15, 0.2) is 54.6 Å². The van der Waals surface area contributed by atoms with Crippen molar-refractivity contribution in [2.24, 2.45) is 0 Å². The second kappa shape index (κ2) is 5.60. The largest absolute Gasteiger partial charge is 0.364 e. The van der Waals surface area contributed by atoms with Crippen LogP contribution in [0.25, 0.3) is 10.8 Å². The lowest BCUT2D eigenvalue weighted by molar-refractivity contribution is 0.644. The zero-order chi connectivity index (χ0) is 15.0. The number of aryl methyl sites for hydroxylation is 3. The SMILES string of the molecule is Cc1cc(C)c(P(O)c2cccc3ccccc23)c(C)c1. The molecule has 1 nitrogen and oxygen atoms in total. The minimum Gasteiger partial charge on any atom is -0.364 e. The van der Waals surface area contributed by atoms with Gasteiger partial charge in [-0.15, -0.1) is 0 Å². The summed E-state index contributed by atoms with van der Waals surface area (Å²) >= 11 is 0. The van der Waals surface area contributed by atoms with Gasteiger partial charge in [-0.2, -0.15) is 0 Å². The molecule has 3 rings (SSSR count). The van der Waals surface area contributed by atoms with Crippen LogP contribution < -0.4 is 10.6 Å². The molecule has 0 radical (unpaired) electrons. The van der Waals surface area contributed by atoms with E-state index in [-0.39, 0.29) is 0 Å². The maximum absolute atomic E-state index is 11.0. The molecule has 3 aromatic rings. The Morgan fingerprint density at radius 2 is 1.43 bits per heavy atom. The lowest BCUT2D eigenvalue weighted by Gasteiger charge is -2.19. The minimum atomic E-state index is -1.32. The van der Waals surface area contributed by atoms with Crippen molar-refractivity contribution < 1.29 is 4.89 Å². The van der Waals surface area contributed by atoms with E-state index in [0.29, 0.717) is 0 Å². The third kappa shape index (κ3) is 2.60. The van der Waals surface area contributed by atoms with Gasteiger partial charge in [0.15, 0.2) is 0 Å². The lowest BCUT2D eigenvalue weighted by atomic mass is 10.1. The van der Waals surface area contributed by atoms with Crippen molar-refractivity contribution >= 4 is 29.5 Å². The average molecular weight is 294 g/mol. The number of hydrogen-bond acceptors (Lipinski definition) is 1. The number of hydrogen-bond donors (Lipinski definition) is 1. The predicted octanol–water partition coefficient (Wildman–Crippen LogP) is 4.11. The van der Waals surface area contributed by atoms with E-state index in [1.807, 2.05) is 24.3 Å². The van der Waals surface area contributed by atoms with Gasteiger partial charge in [0.1, 0.15) is 0 Å². The van der Waals surface area contributed by atoms with E-state index < -0.39 is 8.15 Å². The summed E-state index contributed by atoms with van der Waals surface area (Å²) in [5, 5.41) is 4.46. The molecule has 3 aromatic carbocycles. The second-order valence-corrected chi connectivity index (χ2v) is 7.11. The molecular formula is C19H19OP. The van der Waals surface area contributed by atoms with E-state index in [1.165, 1.54) is 22.1 Å². The molecule has 0 fully saturated rings. The fourth-order valence-electron chi connectivity index (χ4n) is 3.02. The molecule has 0 aliphatic heterocycles. The first kappa shape index (κ1) is 14.3. The molecule has 0 aliphatic carbocycles. The minimum absolute atomic E-state index is 1.04. The topological polar surface area (TPSA) is 20.2 Å². The average Bonchev–Trinajstić information content (AvgIpc) is 2.45. The molecule has 106 valence electrons. The molecule has 0 bridgehead atoms. The molecule has 0 heterocycles. The van der Waals surface area contributed by atoms with Crippen LogP contribution in [0.3, 0.4) is 0 Å². The summed E-state index contributed by atoms with van der Waals surface area (Å²) in [4.78, 5) is 11.0. The first-order chi connectivity index (χ1) is 10.1. The predicted molar refractivity (Wildman–Crippen MR) is 93.0 cm³/mol. The Bertz CT molecular complexity index is 779. The summed E-state index contributed by atoms with van der Waals surface area (Å²) in [6.45, 7) is 6.28. The zero-order valence-corrected chi connectivity index (χ0v) is 13.5. The van der Waals surface area contributed by atoms with Crippen molar-refractivity contribution in [2.45, 2.75) is 20.8 Å².